The Morgan fingerprint density at radius 3 is 1.59 bits per heavy atom. The Kier molecular flexibility index (Phi) is 10.7. The standard InChI is InChI=1S/C23H33N11O5/c24-3-1-2-17(23(38)39)32-21(36)19(6-15-9-28-12-31-15)34-22(37)18(5-14-8-27-11-30-14)33-20(35)16(25)4-13-7-26-10-29-13/h7-12,16-19H,1-6,24-25H2,(H,26,29)(H,27,30)(H,28,31)(H,32,36)(H,33,35)(H,34,37)(H,38,39)/t16-,17-,18-,19-/m0/s1. The zero-order valence-electron chi connectivity index (χ0n) is 21.1. The van der Waals surface area contributed by atoms with Crippen LogP contribution in [0, 0.1) is 0 Å². The largest absolute Gasteiger partial charge is 0.480 e. The monoisotopic (exact) mass is 543 g/mol. The summed E-state index contributed by atoms with van der Waals surface area (Å²) in [4.78, 5) is 71.7. The first-order valence-electron chi connectivity index (χ1n) is 12.3. The van der Waals surface area contributed by atoms with Crippen molar-refractivity contribution in [2.75, 3.05) is 6.54 Å². The average Bonchev–Trinajstić information content (AvgIpc) is 3.70. The van der Waals surface area contributed by atoms with Crippen molar-refractivity contribution in [3.05, 3.63) is 54.7 Å². The number of amides is 3. The molecule has 0 spiro atoms. The van der Waals surface area contributed by atoms with Crippen molar-refractivity contribution in [2.24, 2.45) is 11.5 Å². The molecule has 0 fully saturated rings. The Bertz CT molecular complexity index is 1180. The minimum atomic E-state index is -1.23. The summed E-state index contributed by atoms with van der Waals surface area (Å²) in [7, 11) is 0. The van der Waals surface area contributed by atoms with Gasteiger partial charge < -0.3 is 47.5 Å². The fourth-order valence-corrected chi connectivity index (χ4v) is 3.77. The van der Waals surface area contributed by atoms with Crippen LogP contribution in [-0.2, 0) is 38.4 Å². The van der Waals surface area contributed by atoms with E-state index in [9.17, 15) is 24.3 Å². The zero-order chi connectivity index (χ0) is 28.2. The maximum absolute atomic E-state index is 13.4. The van der Waals surface area contributed by atoms with Gasteiger partial charge in [0.05, 0.1) is 42.1 Å². The van der Waals surface area contributed by atoms with Gasteiger partial charge in [0.1, 0.15) is 18.1 Å². The third-order valence-corrected chi connectivity index (χ3v) is 5.83. The number of aromatic nitrogens is 6. The number of hydrogen-bond donors (Lipinski definition) is 9. The summed E-state index contributed by atoms with van der Waals surface area (Å²) in [5.74, 6) is -3.25. The van der Waals surface area contributed by atoms with Crippen LogP contribution in [0.1, 0.15) is 29.9 Å². The minimum absolute atomic E-state index is 0.00118. The Hall–Kier alpha value is -4.57. The second-order valence-electron chi connectivity index (χ2n) is 8.85. The number of imidazole rings is 3. The molecule has 3 heterocycles. The lowest BCUT2D eigenvalue weighted by Crippen LogP contribution is -2.58. The van der Waals surface area contributed by atoms with E-state index in [0.717, 1.165) is 0 Å². The van der Waals surface area contributed by atoms with Crippen LogP contribution in [0.3, 0.4) is 0 Å². The highest BCUT2D eigenvalue weighted by atomic mass is 16.4. The lowest BCUT2D eigenvalue weighted by atomic mass is 10.1. The number of carboxylic acids is 1. The van der Waals surface area contributed by atoms with E-state index < -0.39 is 47.9 Å². The van der Waals surface area contributed by atoms with Gasteiger partial charge in [-0.15, -0.1) is 0 Å². The minimum Gasteiger partial charge on any atom is -0.480 e. The van der Waals surface area contributed by atoms with Crippen molar-refractivity contribution >= 4 is 23.7 Å². The third kappa shape index (κ3) is 9.04. The van der Waals surface area contributed by atoms with Crippen LogP contribution in [0.2, 0.25) is 0 Å². The van der Waals surface area contributed by atoms with Gasteiger partial charge in [-0.2, -0.15) is 0 Å². The van der Waals surface area contributed by atoms with Gasteiger partial charge in [0.2, 0.25) is 17.7 Å². The summed E-state index contributed by atoms with van der Waals surface area (Å²) in [6, 6.07) is -4.53. The summed E-state index contributed by atoms with van der Waals surface area (Å²) in [6.07, 6.45) is 9.62. The molecule has 0 radical (unpaired) electrons. The molecule has 0 aliphatic carbocycles. The second-order valence-corrected chi connectivity index (χ2v) is 8.85. The highest BCUT2D eigenvalue weighted by molar-refractivity contribution is 5.94. The Morgan fingerprint density at radius 2 is 1.18 bits per heavy atom. The van der Waals surface area contributed by atoms with Crippen molar-refractivity contribution in [3.8, 4) is 0 Å². The SMILES string of the molecule is NCCC[C@H](NC(=O)[C@H](Cc1c[nH]cn1)NC(=O)[C@H](Cc1c[nH]cn1)NC(=O)[C@@H](N)Cc1c[nH]cn1)C(=O)O. The van der Waals surface area contributed by atoms with Crippen molar-refractivity contribution < 1.29 is 24.3 Å². The molecular weight excluding hydrogens is 510 g/mol. The van der Waals surface area contributed by atoms with Gasteiger partial charge >= 0.3 is 5.97 Å². The normalized spacial score (nSPS) is 14.1. The smallest absolute Gasteiger partial charge is 0.326 e. The summed E-state index contributed by atoms with van der Waals surface area (Å²) < 4.78 is 0. The van der Waals surface area contributed by atoms with Crippen LogP contribution in [-0.4, -0.2) is 89.4 Å². The Balaban J connectivity index is 1.75. The Labute approximate surface area is 223 Å². The number of H-pyrrole nitrogens is 3. The summed E-state index contributed by atoms with van der Waals surface area (Å²) in [5.41, 5.74) is 13.0. The van der Waals surface area contributed by atoms with E-state index in [0.29, 0.717) is 23.5 Å². The zero-order valence-corrected chi connectivity index (χ0v) is 21.1. The molecule has 0 aromatic carbocycles. The molecule has 11 N–H and O–H groups in total. The predicted molar refractivity (Wildman–Crippen MR) is 137 cm³/mol. The maximum atomic E-state index is 13.4. The van der Waals surface area contributed by atoms with Crippen molar-refractivity contribution in [3.63, 3.8) is 0 Å². The quantitative estimate of drug-likeness (QED) is 0.0915. The van der Waals surface area contributed by atoms with Gasteiger partial charge in [0, 0.05) is 37.9 Å². The lowest BCUT2D eigenvalue weighted by Gasteiger charge is -2.24. The number of carboxylic acid groups (broad SMARTS) is 1. The molecule has 0 aliphatic heterocycles. The molecule has 3 rings (SSSR count). The van der Waals surface area contributed by atoms with Gasteiger partial charge in [-0.05, 0) is 19.4 Å². The first-order chi connectivity index (χ1) is 18.8. The number of hydrogen-bond acceptors (Lipinski definition) is 9. The van der Waals surface area contributed by atoms with E-state index in [2.05, 4.69) is 45.9 Å². The second kappa shape index (κ2) is 14.4. The van der Waals surface area contributed by atoms with Gasteiger partial charge in [0.15, 0.2) is 0 Å². The molecule has 0 aliphatic rings. The van der Waals surface area contributed by atoms with Crippen LogP contribution in [0.25, 0.3) is 0 Å². The molecule has 39 heavy (non-hydrogen) atoms. The first kappa shape index (κ1) is 29.0. The average molecular weight is 544 g/mol. The van der Waals surface area contributed by atoms with Crippen LogP contribution < -0.4 is 27.4 Å². The number of aliphatic carboxylic acids is 1. The summed E-state index contributed by atoms with van der Waals surface area (Å²) >= 11 is 0. The molecule has 210 valence electrons. The van der Waals surface area contributed by atoms with Crippen molar-refractivity contribution in [2.45, 2.75) is 56.3 Å². The summed E-state index contributed by atoms with van der Waals surface area (Å²) in [6.45, 7) is 0.254. The van der Waals surface area contributed by atoms with E-state index in [4.69, 9.17) is 11.5 Å². The number of aromatic amines is 3. The van der Waals surface area contributed by atoms with Crippen LogP contribution in [0.15, 0.2) is 37.6 Å². The topological polar surface area (TPSA) is 263 Å². The molecule has 16 heteroatoms. The first-order valence-corrected chi connectivity index (χ1v) is 12.3. The fraction of sp³-hybridized carbons (Fsp3) is 0.435. The molecule has 3 aromatic rings. The number of nitrogens with two attached hydrogens (primary N) is 2. The lowest BCUT2D eigenvalue weighted by molar-refractivity contribution is -0.142. The van der Waals surface area contributed by atoms with Gasteiger partial charge in [-0.1, -0.05) is 0 Å². The van der Waals surface area contributed by atoms with E-state index in [1.807, 2.05) is 0 Å². The van der Waals surface area contributed by atoms with E-state index in [-0.39, 0.29) is 32.2 Å². The molecule has 16 nitrogen and oxygen atoms in total. The molecule has 3 aromatic heterocycles. The van der Waals surface area contributed by atoms with Crippen LogP contribution in [0.5, 0.6) is 0 Å². The molecule has 3 amide bonds. The number of carbonyl (C=O) groups excluding carboxylic acids is 3. The van der Waals surface area contributed by atoms with Gasteiger partial charge in [0.25, 0.3) is 0 Å². The highest BCUT2D eigenvalue weighted by Gasteiger charge is 2.31. The molecule has 0 saturated carbocycles. The molecule has 0 saturated heterocycles. The third-order valence-electron chi connectivity index (χ3n) is 5.83. The van der Waals surface area contributed by atoms with E-state index in [1.165, 1.54) is 19.0 Å². The fourth-order valence-electron chi connectivity index (χ4n) is 3.77. The number of carbonyl (C=O) groups is 4. The Morgan fingerprint density at radius 1 is 0.744 bits per heavy atom. The van der Waals surface area contributed by atoms with Crippen LogP contribution in [0.4, 0.5) is 0 Å². The predicted octanol–water partition coefficient (Wildman–Crippen LogP) is -2.51. The van der Waals surface area contributed by atoms with Gasteiger partial charge in [-0.25, -0.2) is 19.7 Å². The van der Waals surface area contributed by atoms with Crippen LogP contribution >= 0.6 is 0 Å². The van der Waals surface area contributed by atoms with Crippen molar-refractivity contribution in [1.82, 2.24) is 45.9 Å². The van der Waals surface area contributed by atoms with E-state index >= 15 is 0 Å². The van der Waals surface area contributed by atoms with Crippen molar-refractivity contribution in [1.29, 1.82) is 0 Å². The maximum Gasteiger partial charge on any atom is 0.326 e. The molecule has 0 unspecified atom stereocenters. The number of rotatable bonds is 16. The molecule has 4 atom stereocenters. The summed E-state index contributed by atoms with van der Waals surface area (Å²) in [5, 5.41) is 17.2. The highest BCUT2D eigenvalue weighted by Crippen LogP contribution is 2.06. The number of nitrogens with zero attached hydrogens (tertiary/aromatic N) is 3. The van der Waals surface area contributed by atoms with Gasteiger partial charge in [-0.3, -0.25) is 14.4 Å². The molecule has 0 bridgehead atoms. The van der Waals surface area contributed by atoms with E-state index in [1.54, 1.807) is 18.6 Å². The molecular formula is C23H33N11O5. The number of nitrogens with one attached hydrogen (secondary N) is 6.